The first-order chi connectivity index (χ1) is 12.0. The third kappa shape index (κ3) is 7.25. The molecule has 0 saturated heterocycles. The summed E-state index contributed by atoms with van der Waals surface area (Å²) in [5.41, 5.74) is 0.947. The second-order valence-electron chi connectivity index (χ2n) is 7.50. The Balaban J connectivity index is 2.96. The fourth-order valence-electron chi connectivity index (χ4n) is 2.59. The van der Waals surface area contributed by atoms with Crippen molar-refractivity contribution in [2.75, 3.05) is 0 Å². The zero-order valence-electron chi connectivity index (χ0n) is 16.2. The lowest BCUT2D eigenvalue weighted by molar-refractivity contribution is -0.125. The first-order valence-electron chi connectivity index (χ1n) is 8.89. The van der Waals surface area contributed by atoms with Crippen LogP contribution in [0, 0.1) is 18.8 Å². The molecule has 0 aliphatic rings. The van der Waals surface area contributed by atoms with Gasteiger partial charge in [0.15, 0.2) is 0 Å². The van der Waals surface area contributed by atoms with Crippen molar-refractivity contribution in [3.8, 4) is 0 Å². The van der Waals surface area contributed by atoms with Gasteiger partial charge < -0.3 is 10.1 Å². The summed E-state index contributed by atoms with van der Waals surface area (Å²) >= 11 is 0. The molecule has 2 N–H and O–H groups in total. The van der Waals surface area contributed by atoms with Crippen LogP contribution in [0.3, 0.4) is 0 Å². The van der Waals surface area contributed by atoms with Crippen molar-refractivity contribution in [2.24, 2.45) is 11.8 Å². The molecule has 0 bridgehead atoms. The lowest BCUT2D eigenvalue weighted by Crippen LogP contribution is -2.50. The normalized spacial score (nSPS) is 14.3. The molecule has 0 radical (unpaired) electrons. The van der Waals surface area contributed by atoms with E-state index < -0.39 is 28.0 Å². The van der Waals surface area contributed by atoms with Gasteiger partial charge in [-0.15, -0.1) is 0 Å². The summed E-state index contributed by atoms with van der Waals surface area (Å²) in [6.45, 7) is 9.59. The fourth-order valence-corrected chi connectivity index (χ4v) is 3.80. The number of sulfonamides is 1. The number of hydrogen-bond donors (Lipinski definition) is 2. The molecule has 6 nitrogen and oxygen atoms in total. The Morgan fingerprint density at radius 2 is 1.58 bits per heavy atom. The highest BCUT2D eigenvalue weighted by Crippen LogP contribution is 2.14. The molecule has 0 aliphatic heterocycles. The summed E-state index contributed by atoms with van der Waals surface area (Å²) < 4.78 is 27.7. The summed E-state index contributed by atoms with van der Waals surface area (Å²) in [5.74, 6) is -0.142. The SMILES string of the molecule is Cc1ccc(S(=O)(=O)N[C@@H](CC(C)C)C(=O)N[C@H](C=O)CC(C)C)cc1. The van der Waals surface area contributed by atoms with Gasteiger partial charge in [-0.25, -0.2) is 8.42 Å². The Morgan fingerprint density at radius 3 is 2.04 bits per heavy atom. The monoisotopic (exact) mass is 382 g/mol. The van der Waals surface area contributed by atoms with Crippen molar-refractivity contribution in [1.29, 1.82) is 0 Å². The Morgan fingerprint density at radius 1 is 1.04 bits per heavy atom. The molecule has 1 amide bonds. The molecular formula is C19H30N2O4S. The van der Waals surface area contributed by atoms with Crippen LogP contribution in [0.1, 0.15) is 46.1 Å². The summed E-state index contributed by atoms with van der Waals surface area (Å²) in [7, 11) is -3.83. The van der Waals surface area contributed by atoms with E-state index in [1.165, 1.54) is 12.1 Å². The van der Waals surface area contributed by atoms with Gasteiger partial charge in [-0.2, -0.15) is 4.72 Å². The van der Waals surface area contributed by atoms with Crippen LogP contribution in [0.2, 0.25) is 0 Å². The highest BCUT2D eigenvalue weighted by atomic mass is 32.2. The van der Waals surface area contributed by atoms with Gasteiger partial charge >= 0.3 is 0 Å². The molecule has 26 heavy (non-hydrogen) atoms. The van der Waals surface area contributed by atoms with E-state index in [0.29, 0.717) is 19.1 Å². The molecule has 1 aromatic carbocycles. The number of aldehydes is 1. The number of hydrogen-bond acceptors (Lipinski definition) is 4. The second-order valence-corrected chi connectivity index (χ2v) is 9.21. The maximum absolute atomic E-state index is 12.6. The first-order valence-corrected chi connectivity index (χ1v) is 10.4. The summed E-state index contributed by atoms with van der Waals surface area (Å²) in [6.07, 6.45) is 1.54. The summed E-state index contributed by atoms with van der Waals surface area (Å²) in [4.78, 5) is 23.9. The molecule has 7 heteroatoms. The topological polar surface area (TPSA) is 92.3 Å². The molecule has 0 heterocycles. The third-order valence-electron chi connectivity index (χ3n) is 3.87. The maximum atomic E-state index is 12.6. The van der Waals surface area contributed by atoms with Gasteiger partial charge in [-0.1, -0.05) is 45.4 Å². The van der Waals surface area contributed by atoms with Crippen LogP contribution >= 0.6 is 0 Å². The molecular weight excluding hydrogens is 352 g/mol. The molecule has 1 rings (SSSR count). The van der Waals surface area contributed by atoms with Crippen LogP contribution in [-0.4, -0.2) is 32.7 Å². The highest BCUT2D eigenvalue weighted by molar-refractivity contribution is 7.89. The van der Waals surface area contributed by atoms with Gasteiger partial charge in [0.25, 0.3) is 0 Å². The van der Waals surface area contributed by atoms with Gasteiger partial charge in [-0.05, 0) is 43.7 Å². The molecule has 146 valence electrons. The molecule has 2 atom stereocenters. The smallest absolute Gasteiger partial charge is 0.241 e. The zero-order valence-corrected chi connectivity index (χ0v) is 17.0. The van der Waals surface area contributed by atoms with Crippen LogP contribution in [0.5, 0.6) is 0 Å². The van der Waals surface area contributed by atoms with Gasteiger partial charge in [0, 0.05) is 0 Å². The molecule has 0 aromatic heterocycles. The number of carbonyl (C=O) groups excluding carboxylic acids is 2. The van der Waals surface area contributed by atoms with Gasteiger partial charge in [-0.3, -0.25) is 4.79 Å². The molecule has 0 spiro atoms. The maximum Gasteiger partial charge on any atom is 0.241 e. The van der Waals surface area contributed by atoms with Crippen LogP contribution < -0.4 is 10.0 Å². The average molecular weight is 383 g/mol. The summed E-state index contributed by atoms with van der Waals surface area (Å²) in [6, 6.07) is 4.87. The third-order valence-corrected chi connectivity index (χ3v) is 5.36. The quantitative estimate of drug-likeness (QED) is 0.608. The van der Waals surface area contributed by atoms with Crippen molar-refractivity contribution in [3.63, 3.8) is 0 Å². The summed E-state index contributed by atoms with van der Waals surface area (Å²) in [5, 5.41) is 2.65. The van der Waals surface area contributed by atoms with Crippen LogP contribution in [0.15, 0.2) is 29.2 Å². The first kappa shape index (κ1) is 22.3. The van der Waals surface area contributed by atoms with E-state index in [9.17, 15) is 18.0 Å². The van der Waals surface area contributed by atoms with Crippen molar-refractivity contribution in [3.05, 3.63) is 29.8 Å². The van der Waals surface area contributed by atoms with E-state index in [1.807, 2.05) is 34.6 Å². The lowest BCUT2D eigenvalue weighted by atomic mass is 10.0. The van der Waals surface area contributed by atoms with E-state index >= 15 is 0 Å². The number of benzene rings is 1. The number of carbonyl (C=O) groups is 2. The molecule has 0 saturated carbocycles. The average Bonchev–Trinajstić information content (AvgIpc) is 2.52. The Bertz CT molecular complexity index is 697. The number of aryl methyl sites for hydroxylation is 1. The Hall–Kier alpha value is -1.73. The molecule has 0 aliphatic carbocycles. The van der Waals surface area contributed by atoms with E-state index in [4.69, 9.17) is 0 Å². The zero-order chi connectivity index (χ0) is 19.9. The van der Waals surface area contributed by atoms with E-state index in [-0.39, 0.29) is 16.7 Å². The standard InChI is InChI=1S/C19H30N2O4S/c1-13(2)10-16(12-22)20-19(23)18(11-14(3)4)21-26(24,25)17-8-6-15(5)7-9-17/h6-9,12-14,16,18,21H,10-11H2,1-5H3,(H,20,23)/t16-,18-/m0/s1. The number of amides is 1. The van der Waals surface area contributed by atoms with Crippen LogP contribution in [0.4, 0.5) is 0 Å². The van der Waals surface area contributed by atoms with Crippen LogP contribution in [0.25, 0.3) is 0 Å². The second kappa shape index (κ2) is 9.83. The number of nitrogens with one attached hydrogen (secondary N) is 2. The minimum atomic E-state index is -3.83. The Labute approximate surface area is 156 Å². The predicted molar refractivity (Wildman–Crippen MR) is 102 cm³/mol. The highest BCUT2D eigenvalue weighted by Gasteiger charge is 2.28. The molecule has 0 unspecified atom stereocenters. The van der Waals surface area contributed by atoms with Gasteiger partial charge in [0.05, 0.1) is 10.9 Å². The number of rotatable bonds is 10. The van der Waals surface area contributed by atoms with Crippen molar-refractivity contribution in [1.82, 2.24) is 10.0 Å². The molecule has 0 fully saturated rings. The van der Waals surface area contributed by atoms with Crippen molar-refractivity contribution >= 4 is 22.2 Å². The minimum absolute atomic E-state index is 0.103. The molecule has 1 aromatic rings. The van der Waals surface area contributed by atoms with E-state index in [1.54, 1.807) is 12.1 Å². The van der Waals surface area contributed by atoms with Crippen molar-refractivity contribution < 1.29 is 18.0 Å². The Kier molecular flexibility index (Phi) is 8.43. The van der Waals surface area contributed by atoms with E-state index in [2.05, 4.69) is 10.0 Å². The lowest BCUT2D eigenvalue weighted by Gasteiger charge is -2.23. The largest absolute Gasteiger partial charge is 0.345 e. The fraction of sp³-hybridized carbons (Fsp3) is 0.579. The van der Waals surface area contributed by atoms with Gasteiger partial charge in [0.2, 0.25) is 15.9 Å². The minimum Gasteiger partial charge on any atom is -0.345 e. The van der Waals surface area contributed by atoms with E-state index in [0.717, 1.165) is 5.56 Å². The van der Waals surface area contributed by atoms with Crippen molar-refractivity contribution in [2.45, 2.75) is 64.4 Å². The van der Waals surface area contributed by atoms with Crippen LogP contribution in [-0.2, 0) is 19.6 Å². The predicted octanol–water partition coefficient (Wildman–Crippen LogP) is 2.42. The van der Waals surface area contributed by atoms with Gasteiger partial charge in [0.1, 0.15) is 12.3 Å².